The minimum absolute atomic E-state index is 0.00469. The smallest absolute Gasteiger partial charge is 0.178 e. The highest BCUT2D eigenvalue weighted by molar-refractivity contribution is 5.81. The topological polar surface area (TPSA) is 32.3 Å². The summed E-state index contributed by atoms with van der Waals surface area (Å²) < 4.78 is 0. The Morgan fingerprint density at radius 3 is 1.74 bits per heavy atom. The van der Waals surface area contributed by atoms with Gasteiger partial charge in [0.1, 0.15) is 6.67 Å². The molecule has 35 heavy (non-hydrogen) atoms. The molecule has 0 saturated heterocycles. The van der Waals surface area contributed by atoms with Gasteiger partial charge in [-0.05, 0) is 42.7 Å². The van der Waals surface area contributed by atoms with E-state index in [-0.39, 0.29) is 10.8 Å². The zero-order valence-electron chi connectivity index (χ0n) is 20.6. The van der Waals surface area contributed by atoms with Gasteiger partial charge in [-0.15, -0.1) is 0 Å². The van der Waals surface area contributed by atoms with Crippen molar-refractivity contribution in [2.45, 2.75) is 50.4 Å². The number of fused-ring (bicyclic) bond motifs is 1. The first-order valence-corrected chi connectivity index (χ1v) is 12.7. The third-order valence-electron chi connectivity index (χ3n) is 8.46. The van der Waals surface area contributed by atoms with E-state index in [1.165, 1.54) is 18.4 Å². The number of aromatic nitrogens is 2. The number of benzene rings is 3. The number of hydrogen-bond acceptors (Lipinski definition) is 4. The van der Waals surface area contributed by atoms with Gasteiger partial charge in [0.2, 0.25) is 0 Å². The van der Waals surface area contributed by atoms with Crippen LogP contribution in [0.2, 0.25) is 0 Å². The predicted octanol–water partition coefficient (Wildman–Crippen LogP) is 7.51. The van der Waals surface area contributed by atoms with Crippen molar-refractivity contribution in [2.75, 3.05) is 16.5 Å². The first-order chi connectivity index (χ1) is 17.1. The molecular formula is C31H32N4. The molecule has 2 heterocycles. The van der Waals surface area contributed by atoms with Crippen molar-refractivity contribution in [2.24, 2.45) is 0 Å². The van der Waals surface area contributed by atoms with Gasteiger partial charge in [-0.25, -0.2) is 9.97 Å². The van der Waals surface area contributed by atoms with E-state index in [4.69, 9.17) is 9.97 Å². The quantitative estimate of drug-likeness (QED) is 0.315. The Hall–Kier alpha value is -3.66. The van der Waals surface area contributed by atoms with E-state index < -0.39 is 0 Å². The molecule has 4 nitrogen and oxygen atoms in total. The summed E-state index contributed by atoms with van der Waals surface area (Å²) >= 11 is 0. The number of nitrogens with zero attached hydrogens (tertiary/aromatic N) is 4. The highest BCUT2D eigenvalue weighted by atomic mass is 15.4. The molecule has 1 aromatic heterocycles. The number of anilines is 4. The van der Waals surface area contributed by atoms with Crippen LogP contribution >= 0.6 is 0 Å². The summed E-state index contributed by atoms with van der Waals surface area (Å²) in [4.78, 5) is 15.1. The lowest BCUT2D eigenvalue weighted by molar-refractivity contribution is 0.166. The summed E-state index contributed by atoms with van der Waals surface area (Å²) in [5.74, 6) is 1.87. The Balaban J connectivity index is 1.49. The maximum absolute atomic E-state index is 5.42. The van der Waals surface area contributed by atoms with Crippen molar-refractivity contribution in [3.8, 4) is 0 Å². The first-order valence-electron chi connectivity index (χ1n) is 12.7. The molecule has 4 aromatic rings. The van der Waals surface area contributed by atoms with Gasteiger partial charge in [0, 0.05) is 22.2 Å². The lowest BCUT2D eigenvalue weighted by Crippen LogP contribution is -2.48. The second-order valence-electron chi connectivity index (χ2n) is 10.3. The van der Waals surface area contributed by atoms with Crippen LogP contribution in [0, 0.1) is 0 Å². The molecule has 176 valence electrons. The van der Waals surface area contributed by atoms with E-state index in [0.717, 1.165) is 41.5 Å². The van der Waals surface area contributed by atoms with Crippen molar-refractivity contribution in [1.82, 2.24) is 9.97 Å². The van der Waals surface area contributed by atoms with Crippen molar-refractivity contribution in [3.63, 3.8) is 0 Å². The molecule has 1 aliphatic carbocycles. The molecule has 2 atom stereocenters. The summed E-state index contributed by atoms with van der Waals surface area (Å²) in [6, 6.07) is 32.1. The SMILES string of the molecule is CC1(c2ccccc2)CCCCC1(C)c1cnc2c(n1)N(c1ccccc1)CN2c1ccccc1. The molecule has 2 unspecified atom stereocenters. The average molecular weight is 461 g/mol. The summed E-state index contributed by atoms with van der Waals surface area (Å²) in [6.45, 7) is 5.54. The van der Waals surface area contributed by atoms with Gasteiger partial charge in [-0.3, -0.25) is 0 Å². The van der Waals surface area contributed by atoms with E-state index in [1.54, 1.807) is 0 Å². The van der Waals surface area contributed by atoms with Gasteiger partial charge < -0.3 is 9.80 Å². The molecule has 1 aliphatic heterocycles. The minimum Gasteiger partial charge on any atom is -0.305 e. The van der Waals surface area contributed by atoms with Crippen LogP contribution in [-0.4, -0.2) is 16.6 Å². The van der Waals surface area contributed by atoms with Crippen molar-refractivity contribution < 1.29 is 0 Å². The molecule has 0 spiro atoms. The van der Waals surface area contributed by atoms with Crippen LogP contribution in [0.1, 0.15) is 50.8 Å². The van der Waals surface area contributed by atoms with Gasteiger partial charge in [0.05, 0.1) is 11.9 Å². The summed E-state index contributed by atoms with van der Waals surface area (Å²) in [5.41, 5.74) is 4.67. The maximum atomic E-state index is 5.42. The predicted molar refractivity (Wildman–Crippen MR) is 144 cm³/mol. The summed E-state index contributed by atoms with van der Waals surface area (Å²) in [7, 11) is 0. The Kier molecular flexibility index (Phi) is 5.32. The van der Waals surface area contributed by atoms with Crippen LogP contribution in [0.15, 0.2) is 97.2 Å². The number of hydrogen-bond donors (Lipinski definition) is 0. The maximum Gasteiger partial charge on any atom is 0.178 e. The molecule has 3 aromatic carbocycles. The van der Waals surface area contributed by atoms with Gasteiger partial charge in [0.25, 0.3) is 0 Å². The van der Waals surface area contributed by atoms with Crippen LogP contribution in [0.25, 0.3) is 0 Å². The Morgan fingerprint density at radius 2 is 1.14 bits per heavy atom. The van der Waals surface area contributed by atoms with E-state index >= 15 is 0 Å². The van der Waals surface area contributed by atoms with Gasteiger partial charge in [-0.1, -0.05) is 93.4 Å². The minimum atomic E-state index is -0.100. The summed E-state index contributed by atoms with van der Waals surface area (Å²) in [5, 5.41) is 0. The zero-order chi connectivity index (χ0) is 23.9. The van der Waals surface area contributed by atoms with Crippen molar-refractivity contribution >= 4 is 23.0 Å². The fraction of sp³-hybridized carbons (Fsp3) is 0.290. The molecule has 0 N–H and O–H groups in total. The molecule has 0 amide bonds. The lowest BCUT2D eigenvalue weighted by atomic mass is 9.54. The van der Waals surface area contributed by atoms with Crippen LogP contribution in [0.4, 0.5) is 23.0 Å². The highest BCUT2D eigenvalue weighted by Gasteiger charge is 2.50. The third kappa shape index (κ3) is 3.51. The van der Waals surface area contributed by atoms with Crippen LogP contribution in [-0.2, 0) is 10.8 Å². The van der Waals surface area contributed by atoms with Gasteiger partial charge in [-0.2, -0.15) is 0 Å². The van der Waals surface area contributed by atoms with E-state index in [2.05, 4.69) is 121 Å². The third-order valence-corrected chi connectivity index (χ3v) is 8.46. The number of para-hydroxylation sites is 2. The summed E-state index contributed by atoms with van der Waals surface area (Å²) in [6.07, 6.45) is 6.79. The standard InChI is InChI=1S/C31H32N4/c1-30(24-14-6-3-7-15-24)20-12-13-21-31(30,2)27-22-32-28-29(33-27)35(26-18-10-5-11-19-26)23-34(28)25-16-8-4-9-17-25/h3-11,14-19,22H,12-13,20-21,23H2,1-2H3. The van der Waals surface area contributed by atoms with E-state index in [0.29, 0.717) is 6.67 Å². The van der Waals surface area contributed by atoms with Gasteiger partial charge >= 0.3 is 0 Å². The largest absolute Gasteiger partial charge is 0.305 e. The Labute approximate surface area is 208 Å². The highest BCUT2D eigenvalue weighted by Crippen LogP contribution is 2.54. The zero-order valence-corrected chi connectivity index (χ0v) is 20.6. The number of rotatable bonds is 4. The molecule has 0 radical (unpaired) electrons. The second-order valence-corrected chi connectivity index (χ2v) is 10.3. The monoisotopic (exact) mass is 460 g/mol. The molecule has 4 heteroatoms. The Bertz CT molecular complexity index is 1310. The van der Waals surface area contributed by atoms with E-state index in [1.807, 2.05) is 0 Å². The lowest BCUT2D eigenvalue weighted by Gasteiger charge is -2.50. The van der Waals surface area contributed by atoms with Crippen LogP contribution < -0.4 is 9.80 Å². The van der Waals surface area contributed by atoms with Crippen molar-refractivity contribution in [3.05, 3.63) is 108 Å². The molecule has 1 fully saturated rings. The average Bonchev–Trinajstić information content (AvgIpc) is 3.31. The Morgan fingerprint density at radius 1 is 0.629 bits per heavy atom. The van der Waals surface area contributed by atoms with Crippen LogP contribution in [0.5, 0.6) is 0 Å². The van der Waals surface area contributed by atoms with E-state index in [9.17, 15) is 0 Å². The normalized spacial score (nSPS) is 23.8. The molecule has 1 saturated carbocycles. The van der Waals surface area contributed by atoms with Crippen LogP contribution in [0.3, 0.4) is 0 Å². The first kappa shape index (κ1) is 21.8. The molecule has 6 rings (SSSR count). The fourth-order valence-electron chi connectivity index (χ4n) is 6.10. The molecular weight excluding hydrogens is 428 g/mol. The molecule has 0 bridgehead atoms. The second kappa shape index (κ2) is 8.53. The fourth-order valence-corrected chi connectivity index (χ4v) is 6.10. The van der Waals surface area contributed by atoms with Gasteiger partial charge in [0.15, 0.2) is 11.6 Å². The molecule has 2 aliphatic rings. The van der Waals surface area contributed by atoms with Crippen molar-refractivity contribution in [1.29, 1.82) is 0 Å².